The molecule has 1 aliphatic rings. The van der Waals surface area contributed by atoms with E-state index in [-0.39, 0.29) is 5.82 Å². The van der Waals surface area contributed by atoms with Gasteiger partial charge in [0.25, 0.3) is 5.89 Å². The maximum atomic E-state index is 14.1. The van der Waals surface area contributed by atoms with Crippen molar-refractivity contribution in [2.24, 2.45) is 0 Å². The summed E-state index contributed by atoms with van der Waals surface area (Å²) in [6, 6.07) is 21.2. The second-order valence-corrected chi connectivity index (χ2v) is 8.86. The Balaban J connectivity index is 1.65. The summed E-state index contributed by atoms with van der Waals surface area (Å²) < 4.78 is 19.9. The molecule has 5 nitrogen and oxygen atoms in total. The van der Waals surface area contributed by atoms with Crippen LogP contribution < -0.4 is 10.2 Å². The Hall–Kier alpha value is -3.55. The van der Waals surface area contributed by atoms with Crippen LogP contribution in [0, 0.1) is 12.7 Å². The highest BCUT2D eigenvalue weighted by atomic mass is 35.5. The molecule has 0 saturated heterocycles. The van der Waals surface area contributed by atoms with Crippen LogP contribution in [0.2, 0.25) is 5.02 Å². The molecule has 0 aliphatic carbocycles. The minimum Gasteiger partial charge on any atom is -0.351 e. The van der Waals surface area contributed by atoms with Crippen LogP contribution in [0.1, 0.15) is 30.0 Å². The van der Waals surface area contributed by atoms with E-state index in [1.807, 2.05) is 61.2 Å². The molecule has 34 heavy (non-hydrogen) atoms. The van der Waals surface area contributed by atoms with E-state index in [1.165, 1.54) is 12.1 Å². The molecule has 1 aliphatic heterocycles. The van der Waals surface area contributed by atoms with Gasteiger partial charge in [0.05, 0.1) is 11.6 Å². The second kappa shape index (κ2) is 9.00. The van der Waals surface area contributed by atoms with Gasteiger partial charge < -0.3 is 9.84 Å². The van der Waals surface area contributed by atoms with Gasteiger partial charge in [0, 0.05) is 22.0 Å². The molecule has 1 unspecified atom stereocenters. The first-order valence-electron chi connectivity index (χ1n) is 10.6. The molecule has 1 N–H and O–H groups in total. The smallest absolute Gasteiger partial charge is 0.258 e. The molecule has 0 fully saturated rings. The highest BCUT2D eigenvalue weighted by Crippen LogP contribution is 2.39. The standard InChI is InChI=1S/C26H20ClFN4OS/c1-15-6-12-21(13-7-15)32-16(2)22(23(29-26(32)34)18-4-3-5-20(28)14-18)25-30-24(31-33-25)17-8-10-19(27)11-9-17/h3-14,23H,1-2H3,(H,29,34). The van der Waals surface area contributed by atoms with Crippen molar-refractivity contribution in [1.29, 1.82) is 0 Å². The number of aryl methyl sites for hydroxylation is 1. The molecule has 8 heteroatoms. The van der Waals surface area contributed by atoms with Gasteiger partial charge in [-0.3, -0.25) is 4.90 Å². The van der Waals surface area contributed by atoms with Crippen LogP contribution in [-0.4, -0.2) is 15.3 Å². The molecule has 0 spiro atoms. The predicted molar refractivity (Wildman–Crippen MR) is 136 cm³/mol. The minimum atomic E-state index is -0.469. The lowest BCUT2D eigenvalue weighted by Gasteiger charge is -2.37. The topological polar surface area (TPSA) is 54.2 Å². The highest BCUT2D eigenvalue weighted by molar-refractivity contribution is 7.80. The van der Waals surface area contributed by atoms with E-state index in [1.54, 1.807) is 18.2 Å². The predicted octanol–water partition coefficient (Wildman–Crippen LogP) is 6.70. The summed E-state index contributed by atoms with van der Waals surface area (Å²) in [6.07, 6.45) is 0. The fourth-order valence-corrected chi connectivity index (χ4v) is 4.50. The number of hydrogen-bond acceptors (Lipinski definition) is 4. The number of allylic oxidation sites excluding steroid dienone is 1. The van der Waals surface area contributed by atoms with Gasteiger partial charge in [0.2, 0.25) is 5.82 Å². The monoisotopic (exact) mass is 490 g/mol. The second-order valence-electron chi connectivity index (χ2n) is 8.04. The molecule has 1 atom stereocenters. The molecule has 4 aromatic rings. The summed E-state index contributed by atoms with van der Waals surface area (Å²) in [5, 5.41) is 8.65. The minimum absolute atomic E-state index is 0.323. The van der Waals surface area contributed by atoms with Crippen molar-refractivity contribution in [3.05, 3.63) is 106 Å². The maximum absolute atomic E-state index is 14.1. The van der Waals surface area contributed by atoms with E-state index >= 15 is 0 Å². The van der Waals surface area contributed by atoms with Gasteiger partial charge in [-0.1, -0.05) is 46.6 Å². The van der Waals surface area contributed by atoms with E-state index in [9.17, 15) is 4.39 Å². The number of nitrogens with zero attached hydrogens (tertiary/aromatic N) is 3. The number of rotatable bonds is 4. The summed E-state index contributed by atoms with van der Waals surface area (Å²) in [4.78, 5) is 6.59. The summed E-state index contributed by atoms with van der Waals surface area (Å²) in [6.45, 7) is 3.97. The van der Waals surface area contributed by atoms with Crippen molar-refractivity contribution >= 4 is 40.2 Å². The molecule has 170 valence electrons. The third-order valence-electron chi connectivity index (χ3n) is 5.72. The summed E-state index contributed by atoms with van der Waals surface area (Å²) >= 11 is 11.7. The van der Waals surface area contributed by atoms with Crippen LogP contribution in [0.25, 0.3) is 17.0 Å². The molecular weight excluding hydrogens is 471 g/mol. The van der Waals surface area contributed by atoms with Gasteiger partial charge in [0.1, 0.15) is 5.82 Å². The molecule has 0 radical (unpaired) electrons. The van der Waals surface area contributed by atoms with Crippen LogP contribution in [-0.2, 0) is 0 Å². The zero-order valence-electron chi connectivity index (χ0n) is 18.4. The van der Waals surface area contributed by atoms with Gasteiger partial charge in [-0.15, -0.1) is 0 Å². The van der Waals surface area contributed by atoms with Crippen LogP contribution >= 0.6 is 23.8 Å². The Kier molecular flexibility index (Phi) is 5.89. The first-order chi connectivity index (χ1) is 16.4. The zero-order chi connectivity index (χ0) is 23.8. The van der Waals surface area contributed by atoms with Gasteiger partial charge in [-0.2, -0.15) is 4.98 Å². The summed E-state index contributed by atoms with van der Waals surface area (Å²) in [5.41, 5.74) is 5.04. The third kappa shape index (κ3) is 4.20. The van der Waals surface area contributed by atoms with E-state index in [0.29, 0.717) is 33.0 Å². The fraction of sp³-hybridized carbons (Fsp3) is 0.115. The molecule has 5 rings (SSSR count). The Morgan fingerprint density at radius 1 is 1.03 bits per heavy atom. The summed E-state index contributed by atoms with van der Waals surface area (Å²) in [7, 11) is 0. The lowest BCUT2D eigenvalue weighted by atomic mass is 9.94. The Bertz CT molecular complexity index is 1400. The number of aromatic nitrogens is 2. The van der Waals surface area contributed by atoms with Crippen molar-refractivity contribution in [1.82, 2.24) is 15.5 Å². The Morgan fingerprint density at radius 2 is 1.76 bits per heavy atom. The van der Waals surface area contributed by atoms with Crippen LogP contribution in [0.5, 0.6) is 0 Å². The largest absolute Gasteiger partial charge is 0.351 e. The summed E-state index contributed by atoms with van der Waals surface area (Å²) in [5.74, 6) is 0.416. The molecule has 0 amide bonds. The van der Waals surface area contributed by atoms with Gasteiger partial charge in [-0.25, -0.2) is 4.39 Å². The number of nitrogens with one attached hydrogen (secondary N) is 1. The van der Waals surface area contributed by atoms with Crippen molar-refractivity contribution < 1.29 is 8.91 Å². The molecule has 3 aromatic carbocycles. The molecule has 0 bridgehead atoms. The number of halogens is 2. The van der Waals surface area contributed by atoms with Gasteiger partial charge in [-0.05, 0) is 80.2 Å². The molecule has 0 saturated carbocycles. The van der Waals surface area contributed by atoms with Gasteiger partial charge in [0.15, 0.2) is 5.11 Å². The Morgan fingerprint density at radius 3 is 2.47 bits per heavy atom. The average Bonchev–Trinajstić information content (AvgIpc) is 3.30. The average molecular weight is 491 g/mol. The third-order valence-corrected chi connectivity index (χ3v) is 6.27. The molecule has 1 aromatic heterocycles. The SMILES string of the molecule is CC1=C(c2nc(-c3ccc(Cl)cc3)no2)C(c2cccc(F)c2)NC(=S)N1c1ccc(C)cc1. The van der Waals surface area contributed by atoms with E-state index < -0.39 is 6.04 Å². The number of thiocarbonyl (C=S) groups is 1. The lowest BCUT2D eigenvalue weighted by molar-refractivity contribution is 0.404. The van der Waals surface area contributed by atoms with E-state index in [0.717, 1.165) is 22.5 Å². The number of anilines is 1. The first kappa shape index (κ1) is 22.3. The van der Waals surface area contributed by atoms with Crippen molar-refractivity contribution in [3.8, 4) is 11.4 Å². The van der Waals surface area contributed by atoms with Crippen LogP contribution in [0.3, 0.4) is 0 Å². The van der Waals surface area contributed by atoms with Crippen molar-refractivity contribution in [2.45, 2.75) is 19.9 Å². The number of benzene rings is 3. The van der Waals surface area contributed by atoms with E-state index in [4.69, 9.17) is 28.3 Å². The van der Waals surface area contributed by atoms with Crippen LogP contribution in [0.15, 0.2) is 83.0 Å². The van der Waals surface area contributed by atoms with Crippen molar-refractivity contribution in [3.63, 3.8) is 0 Å². The quantitative estimate of drug-likeness (QED) is 0.321. The van der Waals surface area contributed by atoms with Crippen LogP contribution in [0.4, 0.5) is 10.1 Å². The zero-order valence-corrected chi connectivity index (χ0v) is 20.0. The molecular formula is C26H20ClFN4OS. The highest BCUT2D eigenvalue weighted by Gasteiger charge is 2.35. The van der Waals surface area contributed by atoms with Crippen molar-refractivity contribution in [2.75, 3.05) is 4.90 Å². The first-order valence-corrected chi connectivity index (χ1v) is 11.4. The fourth-order valence-electron chi connectivity index (χ4n) is 4.01. The van der Waals surface area contributed by atoms with E-state index in [2.05, 4.69) is 15.5 Å². The normalized spacial score (nSPS) is 16.1. The number of hydrogen-bond donors (Lipinski definition) is 1. The van der Waals surface area contributed by atoms with Gasteiger partial charge >= 0.3 is 0 Å². The lowest BCUT2D eigenvalue weighted by Crippen LogP contribution is -2.46. The Labute approximate surface area is 206 Å². The maximum Gasteiger partial charge on any atom is 0.258 e. The molecule has 2 heterocycles.